The second-order valence-corrected chi connectivity index (χ2v) is 3.02. The summed E-state index contributed by atoms with van der Waals surface area (Å²) in [6.07, 6.45) is 2.75. The van der Waals surface area contributed by atoms with E-state index >= 15 is 0 Å². The van der Waals surface area contributed by atoms with Crippen LogP contribution in [0, 0.1) is 0 Å². The third-order valence-electron chi connectivity index (χ3n) is 1.38. The van der Waals surface area contributed by atoms with Crippen LogP contribution in [0.4, 0.5) is 0 Å². The van der Waals surface area contributed by atoms with Gasteiger partial charge in [0.25, 0.3) is 0 Å². The number of aldehydes is 1. The highest BCUT2D eigenvalue weighted by Crippen LogP contribution is 2.16. The quantitative estimate of drug-likeness (QED) is 0.527. The van der Waals surface area contributed by atoms with Crippen LogP contribution in [-0.4, -0.2) is 18.5 Å². The normalized spacial score (nSPS) is 9.42. The van der Waals surface area contributed by atoms with Crippen molar-refractivity contribution in [2.45, 2.75) is 0 Å². The van der Waals surface area contributed by atoms with Gasteiger partial charge in [-0.3, -0.25) is 4.79 Å². The molecule has 0 saturated carbocycles. The first-order chi connectivity index (χ1) is 5.88. The topological polar surface area (TPSA) is 26.3 Å². The Morgan fingerprint density at radius 3 is 2.92 bits per heavy atom. The van der Waals surface area contributed by atoms with Crippen molar-refractivity contribution < 1.29 is 9.53 Å². The van der Waals surface area contributed by atoms with Crippen molar-refractivity contribution in [3.05, 3.63) is 29.8 Å². The SMILES string of the molecule is CSCOc1ccccc1C=O. The Kier molecular flexibility index (Phi) is 3.67. The molecule has 2 nitrogen and oxygen atoms in total. The van der Waals surface area contributed by atoms with Crippen LogP contribution in [-0.2, 0) is 0 Å². The number of para-hydroxylation sites is 1. The van der Waals surface area contributed by atoms with Crippen molar-refractivity contribution in [1.82, 2.24) is 0 Å². The van der Waals surface area contributed by atoms with Gasteiger partial charge in [-0.15, -0.1) is 11.8 Å². The maximum atomic E-state index is 10.5. The molecular formula is C9H10O2S. The zero-order valence-corrected chi connectivity index (χ0v) is 7.64. The average Bonchev–Trinajstić information content (AvgIpc) is 2.15. The molecule has 0 bridgehead atoms. The summed E-state index contributed by atoms with van der Waals surface area (Å²) in [7, 11) is 0. The van der Waals surface area contributed by atoms with E-state index in [0.29, 0.717) is 17.3 Å². The molecule has 0 heterocycles. The van der Waals surface area contributed by atoms with Gasteiger partial charge in [-0.25, -0.2) is 0 Å². The predicted octanol–water partition coefficient (Wildman–Crippen LogP) is 2.20. The van der Waals surface area contributed by atoms with Crippen molar-refractivity contribution in [3.8, 4) is 5.75 Å². The van der Waals surface area contributed by atoms with E-state index in [0.717, 1.165) is 6.29 Å². The highest BCUT2D eigenvalue weighted by Gasteiger charge is 1.99. The summed E-state index contributed by atoms with van der Waals surface area (Å²) in [6.45, 7) is 0. The number of carbonyl (C=O) groups excluding carboxylic acids is 1. The fourth-order valence-electron chi connectivity index (χ4n) is 0.832. The van der Waals surface area contributed by atoms with Crippen molar-refractivity contribution in [1.29, 1.82) is 0 Å². The van der Waals surface area contributed by atoms with Crippen LogP contribution in [0.25, 0.3) is 0 Å². The summed E-state index contributed by atoms with van der Waals surface area (Å²) in [6, 6.07) is 7.20. The second-order valence-electron chi connectivity index (χ2n) is 2.21. The molecule has 0 saturated heterocycles. The second kappa shape index (κ2) is 4.83. The van der Waals surface area contributed by atoms with E-state index in [1.54, 1.807) is 23.9 Å². The molecule has 1 aromatic carbocycles. The zero-order chi connectivity index (χ0) is 8.81. The van der Waals surface area contributed by atoms with Gasteiger partial charge in [0.15, 0.2) is 6.29 Å². The molecule has 0 fully saturated rings. The predicted molar refractivity (Wildman–Crippen MR) is 50.8 cm³/mol. The maximum Gasteiger partial charge on any atom is 0.153 e. The number of ether oxygens (including phenoxy) is 1. The van der Waals surface area contributed by atoms with Crippen molar-refractivity contribution in [2.24, 2.45) is 0 Å². The van der Waals surface area contributed by atoms with Crippen LogP contribution in [0.5, 0.6) is 5.75 Å². The minimum Gasteiger partial charge on any atom is -0.482 e. The van der Waals surface area contributed by atoms with Gasteiger partial charge >= 0.3 is 0 Å². The average molecular weight is 182 g/mol. The fourth-order valence-corrected chi connectivity index (χ4v) is 1.08. The first-order valence-electron chi connectivity index (χ1n) is 3.54. The van der Waals surface area contributed by atoms with Gasteiger partial charge in [-0.05, 0) is 18.4 Å². The lowest BCUT2D eigenvalue weighted by Gasteiger charge is -2.05. The molecule has 0 aliphatic carbocycles. The van der Waals surface area contributed by atoms with E-state index in [9.17, 15) is 4.79 Å². The minimum absolute atomic E-state index is 0.574. The molecule has 0 N–H and O–H groups in total. The molecule has 0 unspecified atom stereocenters. The van der Waals surface area contributed by atoms with Crippen LogP contribution in [0.2, 0.25) is 0 Å². The Morgan fingerprint density at radius 2 is 2.25 bits per heavy atom. The summed E-state index contributed by atoms with van der Waals surface area (Å²) in [5.41, 5.74) is 0.603. The van der Waals surface area contributed by atoms with Gasteiger partial charge in [0.05, 0.1) is 5.56 Å². The van der Waals surface area contributed by atoms with E-state index in [-0.39, 0.29) is 0 Å². The molecule has 0 aliphatic rings. The number of carbonyl (C=O) groups is 1. The van der Waals surface area contributed by atoms with E-state index in [2.05, 4.69) is 0 Å². The van der Waals surface area contributed by atoms with Crippen LogP contribution < -0.4 is 4.74 Å². The monoisotopic (exact) mass is 182 g/mol. The lowest BCUT2D eigenvalue weighted by molar-refractivity contribution is 0.112. The summed E-state index contributed by atoms with van der Waals surface area (Å²) in [4.78, 5) is 10.5. The highest BCUT2D eigenvalue weighted by molar-refractivity contribution is 7.98. The number of benzene rings is 1. The molecule has 12 heavy (non-hydrogen) atoms. The van der Waals surface area contributed by atoms with Gasteiger partial charge in [0.1, 0.15) is 11.7 Å². The first-order valence-corrected chi connectivity index (χ1v) is 4.94. The minimum atomic E-state index is 0.574. The molecule has 0 radical (unpaired) electrons. The number of thioether (sulfide) groups is 1. The molecular weight excluding hydrogens is 172 g/mol. The molecule has 1 rings (SSSR count). The van der Waals surface area contributed by atoms with Crippen LogP contribution >= 0.6 is 11.8 Å². The lowest BCUT2D eigenvalue weighted by atomic mass is 10.2. The standard InChI is InChI=1S/C9H10O2S/c1-12-7-11-9-5-3-2-4-8(9)6-10/h2-6H,7H2,1H3. The summed E-state index contributed by atoms with van der Waals surface area (Å²) < 4.78 is 5.31. The third-order valence-corrected chi connectivity index (χ3v) is 1.73. The molecule has 1 aromatic rings. The Morgan fingerprint density at radius 1 is 1.50 bits per heavy atom. The summed E-state index contributed by atoms with van der Waals surface area (Å²) in [5.74, 6) is 1.23. The molecule has 0 amide bonds. The third kappa shape index (κ3) is 2.27. The largest absolute Gasteiger partial charge is 0.482 e. The van der Waals surface area contributed by atoms with E-state index in [1.165, 1.54) is 0 Å². The maximum absolute atomic E-state index is 10.5. The van der Waals surface area contributed by atoms with Crippen molar-refractivity contribution in [3.63, 3.8) is 0 Å². The van der Waals surface area contributed by atoms with Gasteiger partial charge in [-0.1, -0.05) is 12.1 Å². The summed E-state index contributed by atoms with van der Waals surface area (Å²) in [5, 5.41) is 0. The van der Waals surface area contributed by atoms with E-state index in [1.807, 2.05) is 18.4 Å². The Labute approximate surface area is 75.9 Å². The van der Waals surface area contributed by atoms with E-state index < -0.39 is 0 Å². The van der Waals surface area contributed by atoms with Crippen LogP contribution in [0.3, 0.4) is 0 Å². The highest BCUT2D eigenvalue weighted by atomic mass is 32.2. The lowest BCUT2D eigenvalue weighted by Crippen LogP contribution is -1.95. The Bertz CT molecular complexity index is 260. The molecule has 3 heteroatoms. The Balaban J connectivity index is 2.75. The fraction of sp³-hybridized carbons (Fsp3) is 0.222. The molecule has 0 spiro atoms. The van der Waals surface area contributed by atoms with Crippen LogP contribution in [0.15, 0.2) is 24.3 Å². The van der Waals surface area contributed by atoms with E-state index in [4.69, 9.17) is 4.74 Å². The van der Waals surface area contributed by atoms with Gasteiger partial charge in [0, 0.05) is 0 Å². The van der Waals surface area contributed by atoms with Crippen molar-refractivity contribution >= 4 is 18.0 Å². The Hall–Kier alpha value is -0.960. The van der Waals surface area contributed by atoms with Gasteiger partial charge in [0.2, 0.25) is 0 Å². The zero-order valence-electron chi connectivity index (χ0n) is 6.82. The molecule has 0 aromatic heterocycles. The molecule has 0 aliphatic heterocycles. The first kappa shape index (κ1) is 9.13. The smallest absolute Gasteiger partial charge is 0.153 e. The number of hydrogen-bond acceptors (Lipinski definition) is 3. The summed E-state index contributed by atoms with van der Waals surface area (Å²) >= 11 is 1.58. The van der Waals surface area contributed by atoms with Crippen molar-refractivity contribution in [2.75, 3.05) is 12.2 Å². The number of hydrogen-bond donors (Lipinski definition) is 0. The van der Waals surface area contributed by atoms with Gasteiger partial charge in [-0.2, -0.15) is 0 Å². The van der Waals surface area contributed by atoms with Gasteiger partial charge < -0.3 is 4.74 Å². The molecule has 0 atom stereocenters. The number of rotatable bonds is 4. The molecule has 64 valence electrons. The van der Waals surface area contributed by atoms with Crippen LogP contribution in [0.1, 0.15) is 10.4 Å².